The van der Waals surface area contributed by atoms with Crippen LogP contribution in [0.1, 0.15) is 24.6 Å². The van der Waals surface area contributed by atoms with Crippen molar-refractivity contribution < 1.29 is 0 Å². The molecule has 1 saturated heterocycles. The summed E-state index contributed by atoms with van der Waals surface area (Å²) in [5, 5.41) is 11.8. The fourth-order valence-electron chi connectivity index (χ4n) is 2.33. The van der Waals surface area contributed by atoms with E-state index in [1.165, 1.54) is 0 Å². The Morgan fingerprint density at radius 2 is 2.06 bits per heavy atom. The second-order valence-electron chi connectivity index (χ2n) is 4.23. The van der Waals surface area contributed by atoms with E-state index in [2.05, 4.69) is 15.5 Å². The lowest BCUT2D eigenvalue weighted by Crippen LogP contribution is -2.27. The van der Waals surface area contributed by atoms with Crippen LogP contribution in [-0.2, 0) is 0 Å². The summed E-state index contributed by atoms with van der Waals surface area (Å²) < 4.78 is 1.97. The highest BCUT2D eigenvalue weighted by Gasteiger charge is 2.21. The van der Waals surface area contributed by atoms with Crippen molar-refractivity contribution in [1.82, 2.24) is 19.9 Å². The Labute approximate surface area is 93.7 Å². The molecule has 0 aromatic carbocycles. The van der Waals surface area contributed by atoms with E-state index in [-0.39, 0.29) is 0 Å². The number of piperidine rings is 1. The smallest absolute Gasteiger partial charge is 0.162 e. The topological polar surface area (TPSA) is 68.2 Å². The molecule has 0 aliphatic carbocycles. The van der Waals surface area contributed by atoms with Gasteiger partial charge >= 0.3 is 0 Å². The van der Waals surface area contributed by atoms with Crippen molar-refractivity contribution in [3.63, 3.8) is 0 Å². The summed E-state index contributed by atoms with van der Waals surface area (Å²) in [6.45, 7) is 2.10. The fraction of sp³-hybridized carbons (Fsp3) is 0.455. The number of hydrogen-bond donors (Lipinski definition) is 2. The molecule has 16 heavy (non-hydrogen) atoms. The number of aromatic nitrogens is 3. The van der Waals surface area contributed by atoms with Crippen molar-refractivity contribution in [2.24, 2.45) is 0 Å². The molecule has 1 aliphatic heterocycles. The Hall–Kier alpha value is -1.62. The maximum Gasteiger partial charge on any atom is 0.162 e. The molecule has 5 heteroatoms. The third kappa shape index (κ3) is 1.44. The van der Waals surface area contributed by atoms with Crippen LogP contribution in [0.5, 0.6) is 0 Å². The minimum atomic E-state index is 0.473. The number of anilines is 1. The van der Waals surface area contributed by atoms with E-state index in [1.807, 2.05) is 22.6 Å². The molecule has 0 unspecified atom stereocenters. The van der Waals surface area contributed by atoms with Gasteiger partial charge in [-0.25, -0.2) is 0 Å². The van der Waals surface area contributed by atoms with Crippen LogP contribution in [0.25, 0.3) is 5.65 Å². The van der Waals surface area contributed by atoms with E-state index in [9.17, 15) is 0 Å². The van der Waals surface area contributed by atoms with Gasteiger partial charge in [0.25, 0.3) is 0 Å². The summed E-state index contributed by atoms with van der Waals surface area (Å²) in [5.41, 5.74) is 6.82. The van der Waals surface area contributed by atoms with Crippen molar-refractivity contribution in [2.45, 2.75) is 18.8 Å². The van der Waals surface area contributed by atoms with Crippen LogP contribution in [-0.4, -0.2) is 27.7 Å². The molecule has 0 bridgehead atoms. The van der Waals surface area contributed by atoms with Gasteiger partial charge in [-0.2, -0.15) is 0 Å². The molecule has 5 nitrogen and oxygen atoms in total. The van der Waals surface area contributed by atoms with Gasteiger partial charge in [0.15, 0.2) is 5.65 Å². The van der Waals surface area contributed by atoms with Crippen molar-refractivity contribution in [2.75, 3.05) is 18.8 Å². The summed E-state index contributed by atoms with van der Waals surface area (Å²) in [5.74, 6) is 2.20. The van der Waals surface area contributed by atoms with Crippen LogP contribution in [0, 0.1) is 0 Å². The number of fused-ring (bicyclic) bond motifs is 1. The average molecular weight is 217 g/mol. The molecule has 0 atom stereocenters. The minimum absolute atomic E-state index is 0.473. The van der Waals surface area contributed by atoms with Gasteiger partial charge in [-0.15, -0.1) is 10.2 Å². The Morgan fingerprint density at radius 1 is 1.25 bits per heavy atom. The summed E-state index contributed by atoms with van der Waals surface area (Å²) in [7, 11) is 0. The van der Waals surface area contributed by atoms with E-state index in [0.717, 1.165) is 43.2 Å². The van der Waals surface area contributed by atoms with Crippen LogP contribution < -0.4 is 11.1 Å². The molecule has 1 aliphatic rings. The lowest BCUT2D eigenvalue weighted by Gasteiger charge is -2.21. The average Bonchev–Trinajstić information content (AvgIpc) is 2.75. The van der Waals surface area contributed by atoms with Gasteiger partial charge < -0.3 is 11.1 Å². The van der Waals surface area contributed by atoms with Gasteiger partial charge in [-0.1, -0.05) is 6.07 Å². The maximum absolute atomic E-state index is 5.98. The Balaban J connectivity index is 2.09. The second-order valence-corrected chi connectivity index (χ2v) is 4.23. The van der Waals surface area contributed by atoms with Crippen molar-refractivity contribution in [3.05, 3.63) is 24.0 Å². The molecule has 1 fully saturated rings. The van der Waals surface area contributed by atoms with E-state index >= 15 is 0 Å². The number of nitrogens with one attached hydrogen (secondary N) is 1. The second kappa shape index (κ2) is 3.75. The number of pyridine rings is 1. The molecule has 0 amide bonds. The van der Waals surface area contributed by atoms with Crippen molar-refractivity contribution >= 4 is 11.5 Å². The van der Waals surface area contributed by atoms with Gasteiger partial charge in [-0.3, -0.25) is 4.40 Å². The summed E-state index contributed by atoms with van der Waals surface area (Å²) >= 11 is 0. The van der Waals surface area contributed by atoms with Crippen LogP contribution in [0.4, 0.5) is 5.82 Å². The third-order valence-electron chi connectivity index (χ3n) is 3.19. The van der Waals surface area contributed by atoms with Crippen LogP contribution in [0.15, 0.2) is 18.2 Å². The van der Waals surface area contributed by atoms with E-state index in [4.69, 9.17) is 5.73 Å². The Morgan fingerprint density at radius 3 is 2.88 bits per heavy atom. The molecule has 2 aromatic heterocycles. The first-order valence-electron chi connectivity index (χ1n) is 5.66. The minimum Gasteiger partial charge on any atom is -0.385 e. The van der Waals surface area contributed by atoms with Gasteiger partial charge in [0.1, 0.15) is 11.6 Å². The fourth-order valence-corrected chi connectivity index (χ4v) is 2.33. The first-order valence-corrected chi connectivity index (χ1v) is 5.66. The number of nitrogens with two attached hydrogens (primary N) is 1. The summed E-state index contributed by atoms with van der Waals surface area (Å²) in [6, 6.07) is 5.74. The van der Waals surface area contributed by atoms with E-state index < -0.39 is 0 Å². The lowest BCUT2D eigenvalue weighted by atomic mass is 9.97. The first-order chi connectivity index (χ1) is 7.86. The zero-order chi connectivity index (χ0) is 11.0. The summed E-state index contributed by atoms with van der Waals surface area (Å²) in [6.07, 6.45) is 2.21. The largest absolute Gasteiger partial charge is 0.385 e. The molecule has 0 spiro atoms. The Kier molecular flexibility index (Phi) is 2.25. The highest BCUT2D eigenvalue weighted by Crippen LogP contribution is 2.25. The molecular formula is C11H15N5. The number of rotatable bonds is 1. The van der Waals surface area contributed by atoms with Gasteiger partial charge in [0, 0.05) is 5.92 Å². The lowest BCUT2D eigenvalue weighted by molar-refractivity contribution is 0.443. The predicted octanol–water partition coefficient (Wildman–Crippen LogP) is 0.778. The highest BCUT2D eigenvalue weighted by atomic mass is 15.3. The summed E-state index contributed by atoms with van der Waals surface area (Å²) in [4.78, 5) is 0. The normalized spacial score (nSPS) is 18.0. The molecule has 0 saturated carbocycles. The monoisotopic (exact) mass is 217 g/mol. The quantitative estimate of drug-likeness (QED) is 0.740. The van der Waals surface area contributed by atoms with Crippen molar-refractivity contribution in [3.8, 4) is 0 Å². The zero-order valence-corrected chi connectivity index (χ0v) is 9.06. The van der Waals surface area contributed by atoms with Crippen molar-refractivity contribution in [1.29, 1.82) is 0 Å². The SMILES string of the molecule is Nc1cccc2nnc(C3CCNCC3)n12. The number of hydrogen-bond acceptors (Lipinski definition) is 4. The first kappa shape index (κ1) is 9.59. The van der Waals surface area contributed by atoms with Gasteiger partial charge in [-0.05, 0) is 38.1 Å². The molecular weight excluding hydrogens is 202 g/mol. The predicted molar refractivity (Wildman–Crippen MR) is 62.2 cm³/mol. The van der Waals surface area contributed by atoms with Crippen LogP contribution in [0.3, 0.4) is 0 Å². The van der Waals surface area contributed by atoms with Gasteiger partial charge in [0.05, 0.1) is 0 Å². The number of nitrogen functional groups attached to an aromatic ring is 1. The number of nitrogens with zero attached hydrogens (tertiary/aromatic N) is 3. The standard InChI is InChI=1S/C11H15N5/c12-9-2-1-3-10-14-15-11(16(9)10)8-4-6-13-7-5-8/h1-3,8,13H,4-7,12H2. The maximum atomic E-state index is 5.98. The van der Waals surface area contributed by atoms with E-state index in [0.29, 0.717) is 5.92 Å². The molecule has 3 N–H and O–H groups in total. The zero-order valence-electron chi connectivity index (χ0n) is 9.06. The Bertz CT molecular complexity index is 498. The van der Waals surface area contributed by atoms with Gasteiger partial charge in [0.2, 0.25) is 0 Å². The molecule has 3 heterocycles. The third-order valence-corrected chi connectivity index (χ3v) is 3.19. The highest BCUT2D eigenvalue weighted by molar-refractivity contribution is 5.48. The molecule has 2 aromatic rings. The van der Waals surface area contributed by atoms with Crippen LogP contribution in [0.2, 0.25) is 0 Å². The van der Waals surface area contributed by atoms with Crippen LogP contribution >= 0.6 is 0 Å². The molecule has 84 valence electrons. The van der Waals surface area contributed by atoms with E-state index in [1.54, 1.807) is 0 Å². The molecule has 3 rings (SSSR count). The molecule has 0 radical (unpaired) electrons.